The molecule has 2 nitrogen and oxygen atoms in total. The highest BCUT2D eigenvalue weighted by Gasteiger charge is 2.51. The molecular formula is C11H13ClFNO. The Kier molecular flexibility index (Phi) is 2.40. The molecule has 0 spiro atoms. The Morgan fingerprint density at radius 2 is 2.13 bits per heavy atom. The van der Waals surface area contributed by atoms with Crippen LogP contribution < -0.4 is 5.73 Å². The number of phenols is 1. The molecule has 0 heterocycles. The van der Waals surface area contributed by atoms with Gasteiger partial charge in [-0.3, -0.25) is 0 Å². The number of nitrogens with two attached hydrogens (primary N) is 1. The summed E-state index contributed by atoms with van der Waals surface area (Å²) in [5.41, 5.74) is 5.70. The molecule has 0 bridgehead atoms. The maximum Gasteiger partial charge on any atom is 0.149 e. The second kappa shape index (κ2) is 3.35. The van der Waals surface area contributed by atoms with Gasteiger partial charge in [-0.25, -0.2) is 4.39 Å². The first-order chi connectivity index (χ1) is 6.99. The summed E-state index contributed by atoms with van der Waals surface area (Å²) in [5, 5.41) is 9.72. The molecule has 1 aromatic carbocycles. The van der Waals surface area contributed by atoms with E-state index in [1.165, 1.54) is 12.1 Å². The molecule has 1 aliphatic carbocycles. The van der Waals surface area contributed by atoms with Gasteiger partial charge in [-0.1, -0.05) is 11.6 Å². The summed E-state index contributed by atoms with van der Waals surface area (Å²) in [6, 6.07) is 2.59. The second-order valence-electron chi connectivity index (χ2n) is 4.20. The van der Waals surface area contributed by atoms with Crippen molar-refractivity contribution >= 4 is 11.6 Å². The highest BCUT2D eigenvalue weighted by atomic mass is 35.5. The molecule has 1 atom stereocenters. The number of hydrogen-bond acceptors (Lipinski definition) is 2. The first kappa shape index (κ1) is 10.7. The number of phenolic OH excluding ortho intramolecular Hbond substituents is 1. The van der Waals surface area contributed by atoms with Gasteiger partial charge >= 0.3 is 0 Å². The van der Waals surface area contributed by atoms with Crippen LogP contribution in [0.1, 0.15) is 25.3 Å². The number of aromatic hydroxyl groups is 1. The van der Waals surface area contributed by atoms with Crippen LogP contribution in [0.3, 0.4) is 0 Å². The maximum atomic E-state index is 13.8. The van der Waals surface area contributed by atoms with E-state index < -0.39 is 11.2 Å². The molecule has 1 aliphatic rings. The second-order valence-corrected chi connectivity index (χ2v) is 4.61. The van der Waals surface area contributed by atoms with E-state index in [2.05, 4.69) is 0 Å². The zero-order valence-corrected chi connectivity index (χ0v) is 9.18. The molecule has 0 aliphatic heterocycles. The molecule has 2 rings (SSSR count). The van der Waals surface area contributed by atoms with Crippen LogP contribution in [-0.4, -0.2) is 11.1 Å². The quantitative estimate of drug-likeness (QED) is 0.819. The predicted molar refractivity (Wildman–Crippen MR) is 57.6 cm³/mol. The van der Waals surface area contributed by atoms with Crippen molar-refractivity contribution in [1.82, 2.24) is 0 Å². The molecule has 0 radical (unpaired) electrons. The van der Waals surface area contributed by atoms with E-state index in [4.69, 9.17) is 17.3 Å². The predicted octanol–water partition coefficient (Wildman–Crippen LogP) is 2.56. The van der Waals surface area contributed by atoms with Crippen LogP contribution in [0.4, 0.5) is 4.39 Å². The average Bonchev–Trinajstić information content (AvgIpc) is 2.93. The van der Waals surface area contributed by atoms with Crippen molar-refractivity contribution in [3.8, 4) is 5.75 Å². The van der Waals surface area contributed by atoms with Crippen LogP contribution >= 0.6 is 11.6 Å². The minimum absolute atomic E-state index is 0.0368. The van der Waals surface area contributed by atoms with E-state index in [-0.39, 0.29) is 22.4 Å². The Morgan fingerprint density at radius 1 is 1.53 bits per heavy atom. The van der Waals surface area contributed by atoms with Crippen molar-refractivity contribution in [2.75, 3.05) is 0 Å². The summed E-state index contributed by atoms with van der Waals surface area (Å²) in [6.07, 6.45) is 1.60. The lowest BCUT2D eigenvalue weighted by molar-refractivity contribution is 0.430. The Morgan fingerprint density at radius 3 is 2.60 bits per heavy atom. The van der Waals surface area contributed by atoms with Gasteiger partial charge in [-0.05, 0) is 31.9 Å². The molecule has 1 aromatic rings. The molecule has 1 unspecified atom stereocenters. The van der Waals surface area contributed by atoms with Gasteiger partial charge in [0.1, 0.15) is 11.6 Å². The van der Waals surface area contributed by atoms with Crippen LogP contribution in [0.25, 0.3) is 0 Å². The lowest BCUT2D eigenvalue weighted by atomic mass is 9.88. The van der Waals surface area contributed by atoms with E-state index >= 15 is 0 Å². The summed E-state index contributed by atoms with van der Waals surface area (Å²) in [5.74, 6) is -0.585. The largest absolute Gasteiger partial charge is 0.508 e. The lowest BCUT2D eigenvalue weighted by Gasteiger charge is -2.22. The van der Waals surface area contributed by atoms with Gasteiger partial charge in [0.2, 0.25) is 0 Å². The van der Waals surface area contributed by atoms with Gasteiger partial charge in [0, 0.05) is 17.0 Å². The summed E-state index contributed by atoms with van der Waals surface area (Å²) < 4.78 is 13.8. The van der Waals surface area contributed by atoms with E-state index in [0.29, 0.717) is 0 Å². The number of halogens is 2. The number of rotatable bonds is 2. The third-order valence-corrected chi connectivity index (χ3v) is 3.52. The first-order valence-corrected chi connectivity index (χ1v) is 5.30. The maximum absolute atomic E-state index is 13.8. The highest BCUT2D eigenvalue weighted by molar-refractivity contribution is 6.30. The smallest absolute Gasteiger partial charge is 0.149 e. The normalized spacial score (nSPS) is 20.0. The number of benzene rings is 1. The van der Waals surface area contributed by atoms with Crippen molar-refractivity contribution in [2.24, 2.45) is 5.73 Å². The minimum Gasteiger partial charge on any atom is -0.508 e. The van der Waals surface area contributed by atoms with Gasteiger partial charge in [-0.15, -0.1) is 0 Å². The van der Waals surface area contributed by atoms with Crippen LogP contribution in [0, 0.1) is 5.82 Å². The van der Waals surface area contributed by atoms with Crippen molar-refractivity contribution in [3.05, 3.63) is 28.5 Å². The van der Waals surface area contributed by atoms with Gasteiger partial charge in [-0.2, -0.15) is 0 Å². The molecule has 4 heteroatoms. The van der Waals surface area contributed by atoms with Crippen molar-refractivity contribution in [1.29, 1.82) is 0 Å². The lowest BCUT2D eigenvalue weighted by Crippen LogP contribution is -2.32. The Hall–Kier alpha value is -0.800. The zero-order valence-electron chi connectivity index (χ0n) is 8.43. The molecular weight excluding hydrogens is 217 g/mol. The third-order valence-electron chi connectivity index (χ3n) is 3.23. The van der Waals surface area contributed by atoms with E-state index in [0.717, 1.165) is 12.8 Å². The van der Waals surface area contributed by atoms with Gasteiger partial charge in [0.15, 0.2) is 0 Å². The standard InChI is InChI=1S/C11H13ClFNO/c1-6(14)11(4-5-11)9-8(15)3-2-7(12)10(9)13/h2-3,6,15H,4-5,14H2,1H3. The Bertz CT molecular complexity index is 402. The Balaban J connectivity index is 2.57. The summed E-state index contributed by atoms with van der Waals surface area (Å²) >= 11 is 5.70. The fourth-order valence-electron chi connectivity index (χ4n) is 2.08. The van der Waals surface area contributed by atoms with Crippen LogP contribution in [-0.2, 0) is 5.41 Å². The van der Waals surface area contributed by atoms with Gasteiger partial charge in [0.25, 0.3) is 0 Å². The monoisotopic (exact) mass is 229 g/mol. The topological polar surface area (TPSA) is 46.2 Å². The molecule has 0 amide bonds. The van der Waals surface area contributed by atoms with Crippen LogP contribution in [0.15, 0.2) is 12.1 Å². The van der Waals surface area contributed by atoms with E-state index in [1.54, 1.807) is 0 Å². The summed E-state index contributed by atoms with van der Waals surface area (Å²) in [4.78, 5) is 0. The zero-order chi connectivity index (χ0) is 11.2. The molecule has 0 saturated heterocycles. The third kappa shape index (κ3) is 1.50. The molecule has 15 heavy (non-hydrogen) atoms. The van der Waals surface area contributed by atoms with Crippen molar-refractivity contribution in [2.45, 2.75) is 31.2 Å². The van der Waals surface area contributed by atoms with E-state index in [9.17, 15) is 9.50 Å². The molecule has 82 valence electrons. The Labute approximate surface area is 92.9 Å². The molecule has 1 fully saturated rings. The van der Waals surface area contributed by atoms with Gasteiger partial charge < -0.3 is 10.8 Å². The van der Waals surface area contributed by atoms with Gasteiger partial charge in [0.05, 0.1) is 5.02 Å². The summed E-state index contributed by atoms with van der Waals surface area (Å²) in [6.45, 7) is 1.83. The fourth-order valence-corrected chi connectivity index (χ4v) is 2.24. The molecule has 0 aromatic heterocycles. The van der Waals surface area contributed by atoms with Crippen LogP contribution in [0.5, 0.6) is 5.75 Å². The summed E-state index contributed by atoms with van der Waals surface area (Å²) in [7, 11) is 0. The van der Waals surface area contributed by atoms with Crippen molar-refractivity contribution in [3.63, 3.8) is 0 Å². The first-order valence-electron chi connectivity index (χ1n) is 4.92. The minimum atomic E-state index is -0.536. The molecule has 3 N–H and O–H groups in total. The van der Waals surface area contributed by atoms with Crippen LogP contribution in [0.2, 0.25) is 5.02 Å². The van der Waals surface area contributed by atoms with Crippen molar-refractivity contribution < 1.29 is 9.50 Å². The molecule has 1 saturated carbocycles. The number of hydrogen-bond donors (Lipinski definition) is 2. The SMILES string of the molecule is CC(N)C1(c2c(O)ccc(Cl)c2F)CC1. The fraction of sp³-hybridized carbons (Fsp3) is 0.455. The highest BCUT2D eigenvalue weighted by Crippen LogP contribution is 2.54. The average molecular weight is 230 g/mol. The van der Waals surface area contributed by atoms with E-state index in [1.807, 2.05) is 6.92 Å².